The van der Waals surface area contributed by atoms with Crippen molar-refractivity contribution in [1.29, 1.82) is 5.26 Å². The van der Waals surface area contributed by atoms with Gasteiger partial charge in [-0.1, -0.05) is 30.3 Å². The molecule has 2 aromatic carbocycles. The minimum atomic E-state index is -6.00. The molecule has 0 bridgehead atoms. The molecule has 0 aliphatic rings. The van der Waals surface area contributed by atoms with Crippen molar-refractivity contribution in [2.24, 2.45) is 0 Å². The van der Waals surface area contributed by atoms with E-state index in [1.54, 1.807) is 12.1 Å². The van der Waals surface area contributed by atoms with Crippen LogP contribution in [-0.2, 0) is 15.4 Å². The summed E-state index contributed by atoms with van der Waals surface area (Å²) >= 11 is 0. The van der Waals surface area contributed by atoms with E-state index in [1.165, 1.54) is 47.3 Å². The zero-order chi connectivity index (χ0) is 25.4. The highest BCUT2D eigenvalue weighted by Gasteiger charge is 2.71. The second-order valence-corrected chi connectivity index (χ2v) is 8.96. The average Bonchev–Trinajstić information content (AvgIpc) is 3.24. The first-order valence-electron chi connectivity index (χ1n) is 9.28. The largest absolute Gasteiger partial charge is 0.430 e. The van der Waals surface area contributed by atoms with Gasteiger partial charge in [0, 0.05) is 23.6 Å². The lowest BCUT2D eigenvalue weighted by molar-refractivity contribution is -0.376. The number of hydrogen-bond acceptors (Lipinski definition) is 4. The number of nitriles is 1. The lowest BCUT2D eigenvalue weighted by Gasteiger charge is -2.32. The van der Waals surface area contributed by atoms with Gasteiger partial charge in [0.05, 0.1) is 4.90 Å². The minimum Gasteiger partial charge on any atom is -0.369 e. The van der Waals surface area contributed by atoms with Crippen molar-refractivity contribution in [3.8, 4) is 11.8 Å². The number of aromatic nitrogens is 1. The van der Waals surface area contributed by atoms with Crippen molar-refractivity contribution < 1.29 is 39.9 Å². The molecule has 5 nitrogen and oxygen atoms in total. The van der Waals surface area contributed by atoms with Crippen LogP contribution in [0.1, 0.15) is 11.1 Å². The molecule has 12 heteroatoms. The van der Waals surface area contributed by atoms with E-state index in [-0.39, 0.29) is 16.1 Å². The molecule has 34 heavy (non-hydrogen) atoms. The summed E-state index contributed by atoms with van der Waals surface area (Å²) in [4.78, 5) is -0.660. The summed E-state index contributed by atoms with van der Waals surface area (Å²) in [5, 5.41) is 18.8. The number of rotatable bonds is 5. The number of nitrogens with zero attached hydrogens (tertiary/aromatic N) is 2. The van der Waals surface area contributed by atoms with E-state index in [9.17, 15) is 45.1 Å². The van der Waals surface area contributed by atoms with Crippen LogP contribution < -0.4 is 0 Å². The Hall–Kier alpha value is -3.56. The molecule has 1 N–H and O–H groups in total. The summed E-state index contributed by atoms with van der Waals surface area (Å²) in [6.07, 6.45) is -8.23. The van der Waals surface area contributed by atoms with E-state index in [2.05, 4.69) is 0 Å². The molecule has 0 atom stereocenters. The van der Waals surface area contributed by atoms with Gasteiger partial charge in [-0.2, -0.15) is 31.6 Å². The van der Waals surface area contributed by atoms with Crippen molar-refractivity contribution in [3.05, 3.63) is 89.1 Å². The van der Waals surface area contributed by atoms with Gasteiger partial charge in [0.15, 0.2) is 0 Å². The Morgan fingerprint density at radius 1 is 0.912 bits per heavy atom. The van der Waals surface area contributed by atoms with Gasteiger partial charge < -0.3 is 9.67 Å². The van der Waals surface area contributed by atoms with Gasteiger partial charge in [0.1, 0.15) is 11.0 Å². The summed E-state index contributed by atoms with van der Waals surface area (Å²) in [5.41, 5.74) is -6.10. The molecular formula is C22H14F6N2O3S. The quantitative estimate of drug-likeness (QED) is 0.389. The van der Waals surface area contributed by atoms with Crippen LogP contribution in [0.2, 0.25) is 0 Å². The summed E-state index contributed by atoms with van der Waals surface area (Å²) in [6.45, 7) is 0. The average molecular weight is 500 g/mol. The lowest BCUT2D eigenvalue weighted by atomic mass is 9.92. The number of alkyl halides is 6. The predicted octanol–water partition coefficient (Wildman–Crippen LogP) is 5.13. The van der Waals surface area contributed by atoms with E-state index in [0.717, 1.165) is 18.2 Å². The standard InChI is InChI=1S/C22H14F6N2O3S/c23-21(24,25)20(31,22(26,27)28)16-6-8-17(9-7-16)30-11-10-15(14-30)12-19(13-29)34(32,33)18-4-2-1-3-5-18/h1-12,14,31H/b19-12+. The Morgan fingerprint density at radius 2 is 1.47 bits per heavy atom. The first-order chi connectivity index (χ1) is 15.7. The first kappa shape index (κ1) is 25.1. The van der Waals surface area contributed by atoms with E-state index >= 15 is 0 Å². The zero-order valence-corrected chi connectivity index (χ0v) is 17.7. The van der Waals surface area contributed by atoms with Crippen LogP contribution in [0.25, 0.3) is 11.8 Å². The third-order valence-electron chi connectivity index (χ3n) is 4.87. The number of benzene rings is 2. The van der Waals surface area contributed by atoms with Crippen LogP contribution in [0.4, 0.5) is 26.3 Å². The van der Waals surface area contributed by atoms with E-state index < -0.39 is 38.3 Å². The molecule has 0 radical (unpaired) electrons. The third-order valence-corrected chi connectivity index (χ3v) is 6.55. The van der Waals surface area contributed by atoms with Gasteiger partial charge in [-0.05, 0) is 42.0 Å². The molecule has 3 aromatic rings. The van der Waals surface area contributed by atoms with Crippen molar-refractivity contribution in [2.75, 3.05) is 0 Å². The molecule has 0 fully saturated rings. The molecule has 0 aliphatic heterocycles. The smallest absolute Gasteiger partial charge is 0.369 e. The summed E-state index contributed by atoms with van der Waals surface area (Å²) < 4.78 is 105. The second kappa shape index (κ2) is 8.66. The monoisotopic (exact) mass is 500 g/mol. The molecular weight excluding hydrogens is 486 g/mol. The number of sulfone groups is 1. The molecule has 0 amide bonds. The van der Waals surface area contributed by atoms with Crippen molar-refractivity contribution >= 4 is 15.9 Å². The third kappa shape index (κ3) is 4.44. The zero-order valence-electron chi connectivity index (χ0n) is 16.8. The lowest BCUT2D eigenvalue weighted by Crippen LogP contribution is -2.53. The van der Waals surface area contributed by atoms with Gasteiger partial charge in [0.25, 0.3) is 5.60 Å². The summed E-state index contributed by atoms with van der Waals surface area (Å²) in [6, 6.07) is 13.1. The fraction of sp³-hybridized carbons (Fsp3) is 0.136. The van der Waals surface area contributed by atoms with Gasteiger partial charge >= 0.3 is 12.4 Å². The Kier molecular flexibility index (Phi) is 6.38. The Morgan fingerprint density at radius 3 is 1.97 bits per heavy atom. The Bertz CT molecular complexity index is 1340. The molecule has 0 unspecified atom stereocenters. The highest BCUT2D eigenvalue weighted by molar-refractivity contribution is 7.95. The fourth-order valence-corrected chi connectivity index (χ4v) is 4.25. The molecule has 178 valence electrons. The molecule has 0 saturated heterocycles. The van der Waals surface area contributed by atoms with Crippen LogP contribution in [0.5, 0.6) is 0 Å². The first-order valence-corrected chi connectivity index (χ1v) is 10.8. The highest BCUT2D eigenvalue weighted by Crippen LogP contribution is 2.50. The second-order valence-electron chi connectivity index (χ2n) is 7.04. The topological polar surface area (TPSA) is 83.1 Å². The molecule has 0 spiro atoms. The van der Waals surface area contributed by atoms with Crippen LogP contribution in [0.3, 0.4) is 0 Å². The minimum absolute atomic E-state index is 0.0976. The van der Waals surface area contributed by atoms with Crippen LogP contribution in [0, 0.1) is 11.3 Å². The molecule has 1 heterocycles. The van der Waals surface area contributed by atoms with Crippen LogP contribution in [0.15, 0.2) is 82.9 Å². The molecule has 1 aromatic heterocycles. The van der Waals surface area contributed by atoms with Crippen molar-refractivity contribution in [2.45, 2.75) is 22.8 Å². The van der Waals surface area contributed by atoms with Crippen LogP contribution in [-0.4, -0.2) is 30.4 Å². The van der Waals surface area contributed by atoms with E-state index in [4.69, 9.17) is 0 Å². The number of halogens is 6. The summed E-state index contributed by atoms with van der Waals surface area (Å²) in [5.74, 6) is 0. The van der Waals surface area contributed by atoms with Gasteiger partial charge in [0.2, 0.25) is 9.84 Å². The normalized spacial score (nSPS) is 13.5. The van der Waals surface area contributed by atoms with E-state index in [1.807, 2.05) is 0 Å². The molecule has 3 rings (SSSR count). The van der Waals surface area contributed by atoms with Gasteiger partial charge in [-0.3, -0.25) is 0 Å². The SMILES string of the molecule is N#C/C(=C\c1ccn(-c2ccc(C(O)(C(F)(F)F)C(F)(F)F)cc2)c1)S(=O)(=O)c1ccccc1. The molecule has 0 aliphatic carbocycles. The maximum atomic E-state index is 13.0. The molecule has 0 saturated carbocycles. The maximum Gasteiger partial charge on any atom is 0.430 e. The predicted molar refractivity (Wildman–Crippen MR) is 109 cm³/mol. The number of allylic oxidation sites excluding steroid dienone is 1. The van der Waals surface area contributed by atoms with Crippen molar-refractivity contribution in [1.82, 2.24) is 4.57 Å². The highest BCUT2D eigenvalue weighted by atomic mass is 32.2. The van der Waals surface area contributed by atoms with E-state index in [0.29, 0.717) is 12.1 Å². The number of aliphatic hydroxyl groups is 1. The number of hydrogen-bond donors (Lipinski definition) is 1. The Labute approximate surface area is 189 Å². The van der Waals surface area contributed by atoms with Crippen molar-refractivity contribution in [3.63, 3.8) is 0 Å². The maximum absolute atomic E-state index is 13.0. The Balaban J connectivity index is 1.95. The van der Waals surface area contributed by atoms with Crippen LogP contribution >= 0.6 is 0 Å². The fourth-order valence-electron chi connectivity index (χ4n) is 3.07. The van der Waals surface area contributed by atoms with Gasteiger partial charge in [-0.15, -0.1) is 0 Å². The summed E-state index contributed by atoms with van der Waals surface area (Å²) in [7, 11) is -4.10. The van der Waals surface area contributed by atoms with Gasteiger partial charge in [-0.25, -0.2) is 8.42 Å².